The highest BCUT2D eigenvalue weighted by Gasteiger charge is 1.96. The van der Waals surface area contributed by atoms with Crippen molar-refractivity contribution in [2.75, 3.05) is 6.54 Å². The third-order valence-corrected chi connectivity index (χ3v) is 2.02. The molecule has 1 rings (SSSR count). The molecule has 0 bridgehead atoms. The van der Waals surface area contributed by atoms with Crippen molar-refractivity contribution in [3.05, 3.63) is 35.4 Å². The SMILES string of the molecule is CC(C)NCCc1cccc(C#N)c1. The van der Waals surface area contributed by atoms with Gasteiger partial charge in [0.05, 0.1) is 11.6 Å². The number of rotatable bonds is 4. The highest BCUT2D eigenvalue weighted by molar-refractivity contribution is 5.32. The van der Waals surface area contributed by atoms with Gasteiger partial charge in [0.1, 0.15) is 0 Å². The largest absolute Gasteiger partial charge is 0.314 e. The molecule has 0 unspecified atom stereocenters. The highest BCUT2D eigenvalue weighted by atomic mass is 14.9. The van der Waals surface area contributed by atoms with E-state index in [0.717, 1.165) is 18.5 Å². The van der Waals surface area contributed by atoms with Crippen molar-refractivity contribution in [2.24, 2.45) is 0 Å². The lowest BCUT2D eigenvalue weighted by Gasteiger charge is -2.07. The summed E-state index contributed by atoms with van der Waals surface area (Å²) in [6, 6.07) is 10.4. The summed E-state index contributed by atoms with van der Waals surface area (Å²) in [5, 5.41) is 12.1. The van der Waals surface area contributed by atoms with Crippen molar-refractivity contribution in [2.45, 2.75) is 26.3 Å². The van der Waals surface area contributed by atoms with E-state index in [9.17, 15) is 0 Å². The molecule has 0 aliphatic carbocycles. The quantitative estimate of drug-likeness (QED) is 0.785. The predicted octanol–water partition coefficient (Wildman–Crippen LogP) is 2.10. The molecule has 2 nitrogen and oxygen atoms in total. The van der Waals surface area contributed by atoms with Crippen LogP contribution in [0.15, 0.2) is 24.3 Å². The highest BCUT2D eigenvalue weighted by Crippen LogP contribution is 2.04. The second-order valence-corrected chi connectivity index (χ2v) is 3.67. The molecular formula is C12H16N2. The Morgan fingerprint density at radius 2 is 2.21 bits per heavy atom. The molecule has 0 aliphatic rings. The average Bonchev–Trinajstić information content (AvgIpc) is 2.18. The molecule has 0 fully saturated rings. The average molecular weight is 188 g/mol. The van der Waals surface area contributed by atoms with Gasteiger partial charge in [0.15, 0.2) is 0 Å². The van der Waals surface area contributed by atoms with Gasteiger partial charge >= 0.3 is 0 Å². The van der Waals surface area contributed by atoms with Gasteiger partial charge < -0.3 is 5.32 Å². The van der Waals surface area contributed by atoms with E-state index in [1.807, 2.05) is 18.2 Å². The van der Waals surface area contributed by atoms with Gasteiger partial charge in [-0.05, 0) is 30.7 Å². The van der Waals surface area contributed by atoms with Gasteiger partial charge in [-0.2, -0.15) is 5.26 Å². The summed E-state index contributed by atoms with van der Waals surface area (Å²) in [5.74, 6) is 0. The minimum absolute atomic E-state index is 0.522. The first-order chi connectivity index (χ1) is 6.72. The van der Waals surface area contributed by atoms with E-state index in [-0.39, 0.29) is 0 Å². The first kappa shape index (κ1) is 10.7. The molecule has 0 spiro atoms. The minimum Gasteiger partial charge on any atom is -0.314 e. The Labute approximate surface area is 85.6 Å². The number of hydrogen-bond acceptors (Lipinski definition) is 2. The third-order valence-electron chi connectivity index (χ3n) is 2.02. The van der Waals surface area contributed by atoms with Gasteiger partial charge in [0.2, 0.25) is 0 Å². The molecule has 0 atom stereocenters. The first-order valence-corrected chi connectivity index (χ1v) is 4.95. The Balaban J connectivity index is 2.47. The van der Waals surface area contributed by atoms with E-state index in [0.29, 0.717) is 6.04 Å². The Kier molecular flexibility index (Phi) is 4.15. The summed E-state index contributed by atoms with van der Waals surface area (Å²) in [6.45, 7) is 5.23. The summed E-state index contributed by atoms with van der Waals surface area (Å²) >= 11 is 0. The third kappa shape index (κ3) is 3.59. The van der Waals surface area contributed by atoms with Gasteiger partial charge in [-0.3, -0.25) is 0 Å². The zero-order valence-electron chi connectivity index (χ0n) is 8.75. The van der Waals surface area contributed by atoms with Crippen molar-refractivity contribution in [1.82, 2.24) is 5.32 Å². The van der Waals surface area contributed by atoms with Crippen molar-refractivity contribution >= 4 is 0 Å². The summed E-state index contributed by atoms with van der Waals surface area (Å²) in [5.41, 5.74) is 1.96. The lowest BCUT2D eigenvalue weighted by molar-refractivity contribution is 0.590. The van der Waals surface area contributed by atoms with E-state index in [1.165, 1.54) is 5.56 Å². The Morgan fingerprint density at radius 3 is 2.86 bits per heavy atom. The molecule has 14 heavy (non-hydrogen) atoms. The molecular weight excluding hydrogens is 172 g/mol. The molecule has 1 aromatic rings. The normalized spacial score (nSPS) is 10.1. The second kappa shape index (κ2) is 5.41. The lowest BCUT2D eigenvalue weighted by atomic mass is 10.1. The molecule has 0 aliphatic heterocycles. The molecule has 74 valence electrons. The van der Waals surface area contributed by atoms with Crippen LogP contribution in [0.3, 0.4) is 0 Å². The Hall–Kier alpha value is -1.33. The lowest BCUT2D eigenvalue weighted by Crippen LogP contribution is -2.24. The standard InChI is InChI=1S/C12H16N2/c1-10(2)14-7-6-11-4-3-5-12(8-11)9-13/h3-5,8,10,14H,6-7H2,1-2H3. The number of nitrogens with one attached hydrogen (secondary N) is 1. The molecule has 0 saturated heterocycles. The molecule has 0 saturated carbocycles. The molecule has 1 aromatic carbocycles. The van der Waals surface area contributed by atoms with Crippen LogP contribution < -0.4 is 5.32 Å². The van der Waals surface area contributed by atoms with Crippen LogP contribution in [-0.2, 0) is 6.42 Å². The van der Waals surface area contributed by atoms with Crippen LogP contribution in [0, 0.1) is 11.3 Å². The maximum absolute atomic E-state index is 8.71. The van der Waals surface area contributed by atoms with Gasteiger partial charge in [-0.15, -0.1) is 0 Å². The van der Waals surface area contributed by atoms with Crippen LogP contribution in [0.1, 0.15) is 25.0 Å². The van der Waals surface area contributed by atoms with Crippen LogP contribution in [-0.4, -0.2) is 12.6 Å². The maximum Gasteiger partial charge on any atom is 0.0991 e. The summed E-state index contributed by atoms with van der Waals surface area (Å²) < 4.78 is 0. The molecule has 0 radical (unpaired) electrons. The first-order valence-electron chi connectivity index (χ1n) is 4.95. The van der Waals surface area contributed by atoms with Crippen LogP contribution >= 0.6 is 0 Å². The molecule has 0 amide bonds. The molecule has 2 heteroatoms. The van der Waals surface area contributed by atoms with E-state index >= 15 is 0 Å². The van der Waals surface area contributed by atoms with E-state index in [4.69, 9.17) is 5.26 Å². The molecule has 0 aromatic heterocycles. The topological polar surface area (TPSA) is 35.8 Å². The fraction of sp³-hybridized carbons (Fsp3) is 0.417. The number of nitriles is 1. The van der Waals surface area contributed by atoms with Gasteiger partial charge in [0.25, 0.3) is 0 Å². The monoisotopic (exact) mass is 188 g/mol. The van der Waals surface area contributed by atoms with Gasteiger partial charge in [-0.1, -0.05) is 26.0 Å². The number of benzene rings is 1. The fourth-order valence-electron chi connectivity index (χ4n) is 1.30. The minimum atomic E-state index is 0.522. The van der Waals surface area contributed by atoms with E-state index < -0.39 is 0 Å². The van der Waals surface area contributed by atoms with Crippen molar-refractivity contribution < 1.29 is 0 Å². The molecule has 1 N–H and O–H groups in total. The zero-order valence-corrected chi connectivity index (χ0v) is 8.75. The van der Waals surface area contributed by atoms with Crippen LogP contribution in [0.5, 0.6) is 0 Å². The van der Waals surface area contributed by atoms with Crippen LogP contribution in [0.25, 0.3) is 0 Å². The van der Waals surface area contributed by atoms with Crippen molar-refractivity contribution in [1.29, 1.82) is 5.26 Å². The Morgan fingerprint density at radius 1 is 1.43 bits per heavy atom. The van der Waals surface area contributed by atoms with E-state index in [1.54, 1.807) is 0 Å². The smallest absolute Gasteiger partial charge is 0.0991 e. The van der Waals surface area contributed by atoms with Crippen molar-refractivity contribution in [3.8, 4) is 6.07 Å². The van der Waals surface area contributed by atoms with E-state index in [2.05, 4.69) is 31.3 Å². The number of hydrogen-bond donors (Lipinski definition) is 1. The van der Waals surface area contributed by atoms with Crippen LogP contribution in [0.2, 0.25) is 0 Å². The van der Waals surface area contributed by atoms with Gasteiger partial charge in [-0.25, -0.2) is 0 Å². The van der Waals surface area contributed by atoms with Gasteiger partial charge in [0, 0.05) is 6.04 Å². The zero-order chi connectivity index (χ0) is 10.4. The fourth-order valence-corrected chi connectivity index (χ4v) is 1.30. The summed E-state index contributed by atoms with van der Waals surface area (Å²) in [4.78, 5) is 0. The van der Waals surface area contributed by atoms with Crippen molar-refractivity contribution in [3.63, 3.8) is 0 Å². The van der Waals surface area contributed by atoms with Crippen LogP contribution in [0.4, 0.5) is 0 Å². The molecule has 0 heterocycles. The second-order valence-electron chi connectivity index (χ2n) is 3.67. The maximum atomic E-state index is 8.71. The predicted molar refractivity (Wildman–Crippen MR) is 58.0 cm³/mol. The summed E-state index contributed by atoms with van der Waals surface area (Å²) in [7, 11) is 0. The summed E-state index contributed by atoms with van der Waals surface area (Å²) in [6.07, 6.45) is 0.980. The Bertz CT molecular complexity index is 323. The number of nitrogens with zero attached hydrogens (tertiary/aromatic N) is 1.